The number of carbonyl (C=O) groups is 1. The van der Waals surface area contributed by atoms with E-state index >= 15 is 0 Å². The van der Waals surface area contributed by atoms with E-state index in [2.05, 4.69) is 74.4 Å². The summed E-state index contributed by atoms with van der Waals surface area (Å²) in [7, 11) is 0. The van der Waals surface area contributed by atoms with Crippen molar-refractivity contribution in [3.63, 3.8) is 0 Å². The molecule has 2 aliphatic rings. The standard InChI is InChI=1S/C25H38N4O/c1-6-20(7-2)23(30)27-15-18-8-10-19(11-9-18)16-29-22(21-12-13-21)25(5,14-17(3)4)28-24(29)26/h8-11,17,20H,6-7,12-16H2,1-5H3,(H2,26,28)(H,27,30). The molecule has 1 unspecified atom stereocenters. The molecule has 5 nitrogen and oxygen atoms in total. The second-order valence-electron chi connectivity index (χ2n) is 9.49. The largest absolute Gasteiger partial charge is 0.352 e. The molecule has 5 heteroatoms. The van der Waals surface area contributed by atoms with Gasteiger partial charge in [0, 0.05) is 18.2 Å². The molecule has 1 amide bonds. The molecule has 30 heavy (non-hydrogen) atoms. The average Bonchev–Trinajstić information content (AvgIpc) is 3.48. The van der Waals surface area contributed by atoms with E-state index in [0.717, 1.165) is 37.7 Å². The maximum Gasteiger partial charge on any atom is 0.223 e. The molecule has 1 saturated carbocycles. The Hall–Kier alpha value is -2.30. The van der Waals surface area contributed by atoms with Crippen LogP contribution in [0.5, 0.6) is 0 Å². The average molecular weight is 411 g/mol. The first-order chi connectivity index (χ1) is 14.3. The Bertz CT molecular complexity index is 801. The van der Waals surface area contributed by atoms with Crippen LogP contribution < -0.4 is 10.6 Å². The summed E-state index contributed by atoms with van der Waals surface area (Å²) in [5.74, 6) is 1.32. The Kier molecular flexibility index (Phi) is 6.89. The molecule has 164 valence electrons. The summed E-state index contributed by atoms with van der Waals surface area (Å²) in [6.45, 7) is 12.1. The lowest BCUT2D eigenvalue weighted by Crippen LogP contribution is -2.40. The monoisotopic (exact) mass is 410 g/mol. The van der Waals surface area contributed by atoms with Crippen LogP contribution in [0.15, 0.2) is 35.5 Å². The van der Waals surface area contributed by atoms with Crippen molar-refractivity contribution in [2.75, 3.05) is 0 Å². The first-order valence-electron chi connectivity index (χ1n) is 11.5. The smallest absolute Gasteiger partial charge is 0.223 e. The van der Waals surface area contributed by atoms with Crippen LogP contribution in [0.25, 0.3) is 0 Å². The molecule has 3 rings (SSSR count). The van der Waals surface area contributed by atoms with Crippen molar-refractivity contribution in [1.29, 1.82) is 5.41 Å². The van der Waals surface area contributed by atoms with Crippen LogP contribution in [0.1, 0.15) is 77.8 Å². The van der Waals surface area contributed by atoms with Crippen LogP contribution >= 0.6 is 0 Å². The van der Waals surface area contributed by atoms with E-state index in [1.54, 1.807) is 0 Å². The Labute approximate surface area is 181 Å². The van der Waals surface area contributed by atoms with E-state index in [9.17, 15) is 4.79 Å². The Morgan fingerprint density at radius 3 is 2.30 bits per heavy atom. The third-order valence-electron chi connectivity index (χ3n) is 6.29. The zero-order chi connectivity index (χ0) is 21.9. The molecule has 0 bridgehead atoms. The molecular formula is C25H38N4O. The number of carbonyl (C=O) groups excluding carboxylic acids is 1. The van der Waals surface area contributed by atoms with Crippen LogP contribution in [-0.4, -0.2) is 22.3 Å². The summed E-state index contributed by atoms with van der Waals surface area (Å²) in [6.07, 6.45) is 5.10. The minimum absolute atomic E-state index is 0.104. The quantitative estimate of drug-likeness (QED) is 0.540. The van der Waals surface area contributed by atoms with E-state index in [-0.39, 0.29) is 17.4 Å². The van der Waals surface area contributed by atoms with Gasteiger partial charge in [-0.2, -0.15) is 0 Å². The summed E-state index contributed by atoms with van der Waals surface area (Å²) in [5.41, 5.74) is 4.97. The fourth-order valence-corrected chi connectivity index (χ4v) is 4.74. The fraction of sp³-hybridized carbons (Fsp3) is 0.600. The van der Waals surface area contributed by atoms with Gasteiger partial charge in [0.05, 0.1) is 12.1 Å². The van der Waals surface area contributed by atoms with Gasteiger partial charge in [0.15, 0.2) is 5.96 Å². The van der Waals surface area contributed by atoms with Gasteiger partial charge in [-0.3, -0.25) is 10.2 Å². The van der Waals surface area contributed by atoms with Gasteiger partial charge in [-0.25, -0.2) is 0 Å². The van der Waals surface area contributed by atoms with E-state index in [1.165, 1.54) is 16.8 Å². The maximum atomic E-state index is 12.2. The molecular weight excluding hydrogens is 372 g/mol. The summed E-state index contributed by atoms with van der Waals surface area (Å²) in [5, 5.41) is 15.1. The summed E-state index contributed by atoms with van der Waals surface area (Å²) < 4.78 is 0. The highest BCUT2D eigenvalue weighted by atomic mass is 16.1. The number of allylic oxidation sites excluding steroid dienone is 1. The highest BCUT2D eigenvalue weighted by Gasteiger charge is 2.45. The van der Waals surface area contributed by atoms with Crippen molar-refractivity contribution in [3.8, 4) is 0 Å². The van der Waals surface area contributed by atoms with E-state index < -0.39 is 0 Å². The van der Waals surface area contributed by atoms with Crippen LogP contribution in [-0.2, 0) is 17.9 Å². The molecule has 1 aliphatic heterocycles. The number of amides is 1. The minimum atomic E-state index is -0.142. The summed E-state index contributed by atoms with van der Waals surface area (Å²) >= 11 is 0. The van der Waals surface area contributed by atoms with Gasteiger partial charge in [0.1, 0.15) is 0 Å². The van der Waals surface area contributed by atoms with Crippen LogP contribution in [0, 0.1) is 17.2 Å². The predicted molar refractivity (Wildman–Crippen MR) is 123 cm³/mol. The number of nitrogens with zero attached hydrogens (tertiary/aromatic N) is 1. The molecule has 1 heterocycles. The number of rotatable bonds is 9. The molecule has 0 aromatic heterocycles. The number of nitrogens with one attached hydrogen (secondary N) is 3. The number of guanidine groups is 1. The van der Waals surface area contributed by atoms with Crippen molar-refractivity contribution >= 4 is 11.9 Å². The van der Waals surface area contributed by atoms with Crippen LogP contribution in [0.3, 0.4) is 0 Å². The lowest BCUT2D eigenvalue weighted by molar-refractivity contribution is -0.125. The van der Waals surface area contributed by atoms with Crippen LogP contribution in [0.4, 0.5) is 0 Å². The lowest BCUT2D eigenvalue weighted by Gasteiger charge is -2.29. The summed E-state index contributed by atoms with van der Waals surface area (Å²) in [6, 6.07) is 8.43. The highest BCUT2D eigenvalue weighted by Crippen LogP contribution is 2.43. The lowest BCUT2D eigenvalue weighted by atomic mass is 9.87. The van der Waals surface area contributed by atoms with Crippen molar-refractivity contribution in [1.82, 2.24) is 15.5 Å². The van der Waals surface area contributed by atoms with Crippen molar-refractivity contribution in [3.05, 3.63) is 46.7 Å². The number of benzene rings is 1. The zero-order valence-electron chi connectivity index (χ0n) is 19.3. The topological polar surface area (TPSA) is 68.2 Å². The molecule has 1 atom stereocenters. The van der Waals surface area contributed by atoms with Crippen molar-refractivity contribution < 1.29 is 4.79 Å². The van der Waals surface area contributed by atoms with Crippen molar-refractivity contribution in [2.45, 2.75) is 85.4 Å². The van der Waals surface area contributed by atoms with Gasteiger partial charge in [-0.15, -0.1) is 0 Å². The van der Waals surface area contributed by atoms with E-state index in [1.807, 2.05) is 0 Å². The molecule has 1 saturated heterocycles. The Morgan fingerprint density at radius 1 is 1.17 bits per heavy atom. The second-order valence-corrected chi connectivity index (χ2v) is 9.49. The first kappa shape index (κ1) is 22.4. The zero-order valence-corrected chi connectivity index (χ0v) is 19.3. The number of hydrogen-bond acceptors (Lipinski definition) is 2. The Balaban J connectivity index is 1.66. The first-order valence-corrected chi connectivity index (χ1v) is 11.5. The maximum absolute atomic E-state index is 12.2. The van der Waals surface area contributed by atoms with Crippen molar-refractivity contribution in [2.24, 2.45) is 11.8 Å². The molecule has 1 aromatic rings. The molecule has 2 fully saturated rings. The van der Waals surface area contributed by atoms with Gasteiger partial charge in [0.2, 0.25) is 5.91 Å². The molecule has 1 aliphatic carbocycles. The van der Waals surface area contributed by atoms with Gasteiger partial charge in [-0.1, -0.05) is 52.0 Å². The van der Waals surface area contributed by atoms with E-state index in [0.29, 0.717) is 25.0 Å². The fourth-order valence-electron chi connectivity index (χ4n) is 4.74. The molecule has 1 aromatic carbocycles. The third-order valence-corrected chi connectivity index (χ3v) is 6.29. The molecule has 0 radical (unpaired) electrons. The number of hydrogen-bond donors (Lipinski definition) is 3. The van der Waals surface area contributed by atoms with Gasteiger partial charge in [0.25, 0.3) is 0 Å². The predicted octanol–water partition coefficient (Wildman–Crippen LogP) is 4.93. The highest BCUT2D eigenvalue weighted by molar-refractivity contribution is 5.84. The second kappa shape index (κ2) is 9.23. The third kappa shape index (κ3) is 5.05. The van der Waals surface area contributed by atoms with Crippen LogP contribution in [0.2, 0.25) is 0 Å². The Morgan fingerprint density at radius 2 is 1.77 bits per heavy atom. The molecule has 0 spiro atoms. The normalized spacial score (nSPS) is 20.9. The SMILES string of the molecule is CCC(CC)C(=O)NCc1ccc(CN2C(=N)NC(C)(CC(C)C)C2=C2CC2)cc1. The molecule has 3 N–H and O–H groups in total. The van der Waals surface area contributed by atoms with Gasteiger partial charge < -0.3 is 15.5 Å². The van der Waals surface area contributed by atoms with Gasteiger partial charge >= 0.3 is 0 Å². The minimum Gasteiger partial charge on any atom is -0.352 e. The van der Waals surface area contributed by atoms with Gasteiger partial charge in [-0.05, 0) is 61.6 Å². The summed E-state index contributed by atoms with van der Waals surface area (Å²) in [4.78, 5) is 14.4. The van der Waals surface area contributed by atoms with E-state index in [4.69, 9.17) is 5.41 Å².